The first-order valence-electron chi connectivity index (χ1n) is 12.0. The summed E-state index contributed by atoms with van der Waals surface area (Å²) in [5.74, 6) is -0.340. The molecule has 1 aromatic heterocycles. The number of amides is 1. The molecule has 0 saturated carbocycles. The SMILES string of the molecule is CCC(CN(C)C(=O)c1ccc(-c2cc(C(F)(F)F)cc(C(F)(F)F)c2)c(OC(C)C)c1)c1cccnc1. The lowest BCUT2D eigenvalue weighted by molar-refractivity contribution is -0.143. The van der Waals surface area contributed by atoms with Gasteiger partial charge in [-0.25, -0.2) is 0 Å². The largest absolute Gasteiger partial charge is 0.490 e. The van der Waals surface area contributed by atoms with Crippen LogP contribution in [0, 0.1) is 0 Å². The van der Waals surface area contributed by atoms with Crippen molar-refractivity contribution in [2.45, 2.75) is 51.6 Å². The maximum absolute atomic E-state index is 13.4. The van der Waals surface area contributed by atoms with E-state index in [1.165, 1.54) is 23.1 Å². The van der Waals surface area contributed by atoms with Gasteiger partial charge in [0, 0.05) is 43.0 Å². The Morgan fingerprint density at radius 2 is 1.61 bits per heavy atom. The summed E-state index contributed by atoms with van der Waals surface area (Å²) < 4.78 is 86.3. The van der Waals surface area contributed by atoms with Crippen LogP contribution in [0.3, 0.4) is 0 Å². The second kappa shape index (κ2) is 11.4. The number of carbonyl (C=O) groups is 1. The van der Waals surface area contributed by atoms with E-state index in [1.54, 1.807) is 33.3 Å². The smallest absolute Gasteiger partial charge is 0.416 e. The Hall–Kier alpha value is -3.56. The third-order valence-corrected chi connectivity index (χ3v) is 5.98. The maximum atomic E-state index is 13.4. The molecule has 0 radical (unpaired) electrons. The third kappa shape index (κ3) is 7.05. The van der Waals surface area contributed by atoms with E-state index >= 15 is 0 Å². The molecule has 0 fully saturated rings. The molecular formula is C28H28F6N2O2. The van der Waals surface area contributed by atoms with Crippen molar-refractivity contribution < 1.29 is 35.9 Å². The molecule has 0 spiro atoms. The lowest BCUT2D eigenvalue weighted by Crippen LogP contribution is -2.31. The molecule has 38 heavy (non-hydrogen) atoms. The number of aromatic nitrogens is 1. The van der Waals surface area contributed by atoms with Crippen LogP contribution < -0.4 is 4.74 Å². The Bertz CT molecular complexity index is 1220. The summed E-state index contributed by atoms with van der Waals surface area (Å²) in [6.45, 7) is 5.70. The molecule has 0 aliphatic rings. The van der Waals surface area contributed by atoms with Gasteiger partial charge in [0.2, 0.25) is 0 Å². The highest BCUT2D eigenvalue weighted by molar-refractivity contribution is 5.95. The zero-order valence-electron chi connectivity index (χ0n) is 21.3. The average molecular weight is 539 g/mol. The zero-order chi connectivity index (χ0) is 28.3. The molecule has 204 valence electrons. The Morgan fingerprint density at radius 1 is 0.974 bits per heavy atom. The van der Waals surface area contributed by atoms with Gasteiger partial charge in [0.25, 0.3) is 5.91 Å². The Balaban J connectivity index is 2.01. The van der Waals surface area contributed by atoms with Gasteiger partial charge in [0.15, 0.2) is 0 Å². The van der Waals surface area contributed by atoms with Crippen molar-refractivity contribution in [3.05, 3.63) is 83.2 Å². The van der Waals surface area contributed by atoms with Gasteiger partial charge in [-0.15, -0.1) is 0 Å². The number of hydrogen-bond donors (Lipinski definition) is 0. The molecule has 4 nitrogen and oxygen atoms in total. The van der Waals surface area contributed by atoms with Crippen molar-refractivity contribution >= 4 is 5.91 Å². The predicted octanol–water partition coefficient (Wildman–Crippen LogP) is 7.84. The van der Waals surface area contributed by atoms with Crippen LogP contribution in [0.4, 0.5) is 26.3 Å². The van der Waals surface area contributed by atoms with Crippen molar-refractivity contribution in [3.63, 3.8) is 0 Å². The fourth-order valence-electron chi connectivity index (χ4n) is 4.08. The first kappa shape index (κ1) is 29.0. The summed E-state index contributed by atoms with van der Waals surface area (Å²) in [6.07, 6.45) is -6.29. The molecule has 0 N–H and O–H groups in total. The normalized spacial score (nSPS) is 12.9. The number of likely N-dealkylation sites (N-methyl/N-ethyl adjacent to an activating group) is 1. The van der Waals surface area contributed by atoms with E-state index in [2.05, 4.69) is 4.98 Å². The van der Waals surface area contributed by atoms with Crippen molar-refractivity contribution in [2.75, 3.05) is 13.6 Å². The van der Waals surface area contributed by atoms with Crippen molar-refractivity contribution in [2.24, 2.45) is 0 Å². The van der Waals surface area contributed by atoms with Crippen LogP contribution in [-0.4, -0.2) is 35.5 Å². The quantitative estimate of drug-likeness (QED) is 0.275. The Labute approximate surface area is 217 Å². The summed E-state index contributed by atoms with van der Waals surface area (Å²) in [5, 5.41) is 0. The topological polar surface area (TPSA) is 42.4 Å². The fraction of sp³-hybridized carbons (Fsp3) is 0.357. The second-order valence-electron chi connectivity index (χ2n) is 9.25. The molecule has 0 aliphatic heterocycles. The first-order chi connectivity index (χ1) is 17.7. The van der Waals surface area contributed by atoms with E-state index in [0.717, 1.165) is 12.0 Å². The molecule has 0 aliphatic carbocycles. The summed E-state index contributed by atoms with van der Waals surface area (Å²) in [6, 6.07) is 9.14. The molecular weight excluding hydrogens is 510 g/mol. The van der Waals surface area contributed by atoms with Crippen molar-refractivity contribution in [1.29, 1.82) is 0 Å². The fourth-order valence-corrected chi connectivity index (χ4v) is 4.08. The van der Waals surface area contributed by atoms with Gasteiger partial charge in [-0.2, -0.15) is 26.3 Å². The number of halogens is 6. The molecule has 3 rings (SSSR count). The zero-order valence-corrected chi connectivity index (χ0v) is 21.3. The third-order valence-electron chi connectivity index (χ3n) is 5.98. The minimum absolute atomic E-state index is 0.00556. The monoisotopic (exact) mass is 538 g/mol. The van der Waals surface area contributed by atoms with Gasteiger partial charge in [-0.3, -0.25) is 9.78 Å². The first-order valence-corrected chi connectivity index (χ1v) is 12.0. The number of carbonyl (C=O) groups excluding carboxylic acids is 1. The van der Waals surface area contributed by atoms with Crippen LogP contribution in [0.5, 0.6) is 5.75 Å². The molecule has 10 heteroatoms. The van der Waals surface area contributed by atoms with E-state index in [9.17, 15) is 31.1 Å². The van der Waals surface area contributed by atoms with Crippen LogP contribution in [0.25, 0.3) is 11.1 Å². The van der Waals surface area contributed by atoms with Crippen LogP contribution in [0.2, 0.25) is 0 Å². The second-order valence-corrected chi connectivity index (χ2v) is 9.25. The van der Waals surface area contributed by atoms with E-state index in [4.69, 9.17) is 4.74 Å². The standard InChI is InChI=1S/C28H28F6N2O2/c1-5-18(20-7-6-10-35-15-20)16-36(4)26(37)19-8-9-24(25(13-19)38-17(2)3)21-11-22(27(29,30)31)14-23(12-21)28(32,33)34/h6-15,17-18H,5,16H2,1-4H3. The van der Waals surface area contributed by atoms with E-state index in [-0.39, 0.29) is 40.3 Å². The van der Waals surface area contributed by atoms with Gasteiger partial charge < -0.3 is 9.64 Å². The minimum atomic E-state index is -4.99. The van der Waals surface area contributed by atoms with Gasteiger partial charge in [0.05, 0.1) is 17.2 Å². The Kier molecular flexibility index (Phi) is 8.74. The number of benzene rings is 2. The van der Waals surface area contributed by atoms with Crippen molar-refractivity contribution in [1.82, 2.24) is 9.88 Å². The lowest BCUT2D eigenvalue weighted by atomic mass is 9.96. The minimum Gasteiger partial charge on any atom is -0.490 e. The highest BCUT2D eigenvalue weighted by Crippen LogP contribution is 2.41. The van der Waals surface area contributed by atoms with Crippen LogP contribution in [-0.2, 0) is 12.4 Å². The van der Waals surface area contributed by atoms with E-state index < -0.39 is 29.6 Å². The summed E-state index contributed by atoms with van der Waals surface area (Å²) in [7, 11) is 1.63. The highest BCUT2D eigenvalue weighted by atomic mass is 19.4. The number of nitrogens with zero attached hydrogens (tertiary/aromatic N) is 2. The lowest BCUT2D eigenvalue weighted by Gasteiger charge is -2.24. The molecule has 3 aromatic rings. The summed E-state index contributed by atoms with van der Waals surface area (Å²) in [4.78, 5) is 18.9. The number of ether oxygens (including phenoxy) is 1. The van der Waals surface area contributed by atoms with Gasteiger partial charge in [-0.05, 0) is 73.9 Å². The van der Waals surface area contributed by atoms with Crippen LogP contribution >= 0.6 is 0 Å². The molecule has 1 atom stereocenters. The number of pyridine rings is 1. The summed E-state index contributed by atoms with van der Waals surface area (Å²) >= 11 is 0. The van der Waals surface area contributed by atoms with Gasteiger partial charge in [-0.1, -0.05) is 13.0 Å². The predicted molar refractivity (Wildman–Crippen MR) is 132 cm³/mol. The highest BCUT2D eigenvalue weighted by Gasteiger charge is 2.37. The average Bonchev–Trinajstić information content (AvgIpc) is 2.85. The molecule has 1 heterocycles. The maximum Gasteiger partial charge on any atom is 0.416 e. The van der Waals surface area contributed by atoms with Gasteiger partial charge >= 0.3 is 12.4 Å². The molecule has 2 aromatic carbocycles. The Morgan fingerprint density at radius 3 is 2.11 bits per heavy atom. The molecule has 1 unspecified atom stereocenters. The number of rotatable bonds is 8. The summed E-state index contributed by atoms with van der Waals surface area (Å²) in [5.41, 5.74) is -2.01. The molecule has 1 amide bonds. The van der Waals surface area contributed by atoms with Crippen molar-refractivity contribution in [3.8, 4) is 16.9 Å². The van der Waals surface area contributed by atoms with Crippen LogP contribution in [0.15, 0.2) is 60.9 Å². The molecule has 0 bridgehead atoms. The van der Waals surface area contributed by atoms with E-state index in [0.29, 0.717) is 18.7 Å². The number of hydrogen-bond acceptors (Lipinski definition) is 3. The van der Waals surface area contributed by atoms with E-state index in [1.807, 2.05) is 19.1 Å². The molecule has 0 saturated heterocycles. The van der Waals surface area contributed by atoms with Gasteiger partial charge in [0.1, 0.15) is 5.75 Å². The van der Waals surface area contributed by atoms with Crippen LogP contribution in [0.1, 0.15) is 60.2 Å². The number of alkyl halides is 6.